The molecule has 0 aromatic carbocycles. The third kappa shape index (κ3) is 3.17. The smallest absolute Gasteiger partial charge is 0.335 e. The molecule has 5 heteroatoms. The molecule has 5 nitrogen and oxygen atoms in total. The van der Waals surface area contributed by atoms with Gasteiger partial charge in [-0.15, -0.1) is 0 Å². The number of rotatable bonds is 4. The number of nitrogens with zero attached hydrogens (tertiary/aromatic N) is 1. The molecule has 1 aliphatic rings. The van der Waals surface area contributed by atoms with Crippen LogP contribution in [0, 0.1) is 12.8 Å². The Balaban J connectivity index is 2.01. The van der Waals surface area contributed by atoms with Crippen molar-refractivity contribution in [1.82, 2.24) is 4.98 Å². The van der Waals surface area contributed by atoms with Gasteiger partial charge in [-0.1, -0.05) is 0 Å². The van der Waals surface area contributed by atoms with Crippen LogP contribution in [0.5, 0.6) is 5.88 Å². The van der Waals surface area contributed by atoms with Crippen molar-refractivity contribution < 1.29 is 19.4 Å². The van der Waals surface area contributed by atoms with E-state index in [-0.39, 0.29) is 5.56 Å². The Kier molecular flexibility index (Phi) is 3.58. The summed E-state index contributed by atoms with van der Waals surface area (Å²) in [6.45, 7) is 3.75. The summed E-state index contributed by atoms with van der Waals surface area (Å²) in [5.41, 5.74) is 0.845. The fourth-order valence-electron chi connectivity index (χ4n) is 1.75. The molecule has 1 saturated heterocycles. The lowest BCUT2D eigenvalue weighted by atomic mass is 10.1. The zero-order valence-electron chi connectivity index (χ0n) is 9.68. The number of carbonyl (C=O) groups is 1. The summed E-state index contributed by atoms with van der Waals surface area (Å²) in [6.07, 6.45) is 0.984. The molecule has 2 heterocycles. The summed E-state index contributed by atoms with van der Waals surface area (Å²) < 4.78 is 10.7. The summed E-state index contributed by atoms with van der Waals surface area (Å²) in [5, 5.41) is 8.91. The molecule has 0 amide bonds. The van der Waals surface area contributed by atoms with Crippen molar-refractivity contribution >= 4 is 5.97 Å². The number of hydrogen-bond acceptors (Lipinski definition) is 4. The highest BCUT2D eigenvalue weighted by molar-refractivity contribution is 5.87. The van der Waals surface area contributed by atoms with Crippen LogP contribution in [-0.2, 0) is 4.74 Å². The summed E-state index contributed by atoms with van der Waals surface area (Å²) in [7, 11) is 0. The minimum absolute atomic E-state index is 0.204. The molecule has 1 aromatic rings. The number of aromatic nitrogens is 1. The fraction of sp³-hybridized carbons (Fsp3) is 0.500. The van der Waals surface area contributed by atoms with Gasteiger partial charge in [0.25, 0.3) is 0 Å². The molecule has 1 N–H and O–H groups in total. The Hall–Kier alpha value is -1.62. The van der Waals surface area contributed by atoms with E-state index in [0.29, 0.717) is 30.7 Å². The SMILES string of the molecule is Cc1cc(C(=O)O)cc(OCC2CCOC2)n1. The fourth-order valence-corrected chi connectivity index (χ4v) is 1.75. The summed E-state index contributed by atoms with van der Waals surface area (Å²) in [5.74, 6) is -0.218. The highest BCUT2D eigenvalue weighted by Gasteiger charge is 2.17. The molecule has 0 aliphatic carbocycles. The maximum absolute atomic E-state index is 10.9. The molecule has 17 heavy (non-hydrogen) atoms. The van der Waals surface area contributed by atoms with Gasteiger partial charge in [-0.05, 0) is 19.4 Å². The average Bonchev–Trinajstić information content (AvgIpc) is 2.78. The number of pyridine rings is 1. The van der Waals surface area contributed by atoms with E-state index in [1.54, 1.807) is 6.92 Å². The first kappa shape index (κ1) is 11.9. The van der Waals surface area contributed by atoms with E-state index < -0.39 is 5.97 Å². The number of carboxylic acid groups (broad SMARTS) is 1. The second-order valence-electron chi connectivity index (χ2n) is 4.18. The van der Waals surface area contributed by atoms with Crippen LogP contribution in [0.2, 0.25) is 0 Å². The minimum Gasteiger partial charge on any atom is -0.478 e. The van der Waals surface area contributed by atoms with Crippen LogP contribution in [0.3, 0.4) is 0 Å². The van der Waals surface area contributed by atoms with Crippen molar-refractivity contribution in [2.45, 2.75) is 13.3 Å². The first-order valence-corrected chi connectivity index (χ1v) is 5.57. The van der Waals surface area contributed by atoms with Crippen molar-refractivity contribution in [2.24, 2.45) is 5.92 Å². The quantitative estimate of drug-likeness (QED) is 0.859. The Labute approximate surface area is 99.4 Å². The molecule has 0 radical (unpaired) electrons. The van der Waals surface area contributed by atoms with Crippen LogP contribution >= 0.6 is 0 Å². The minimum atomic E-state index is -0.968. The van der Waals surface area contributed by atoms with E-state index in [0.717, 1.165) is 13.0 Å². The lowest BCUT2D eigenvalue weighted by Crippen LogP contribution is -2.13. The molecule has 2 rings (SSSR count). The van der Waals surface area contributed by atoms with E-state index in [9.17, 15) is 4.79 Å². The maximum Gasteiger partial charge on any atom is 0.335 e. The van der Waals surface area contributed by atoms with Crippen LogP contribution in [0.25, 0.3) is 0 Å². The third-order valence-electron chi connectivity index (χ3n) is 2.67. The highest BCUT2D eigenvalue weighted by Crippen LogP contribution is 2.16. The van der Waals surface area contributed by atoms with Crippen molar-refractivity contribution in [3.05, 3.63) is 23.4 Å². The molecule has 0 spiro atoms. The van der Waals surface area contributed by atoms with Gasteiger partial charge in [0.05, 0.1) is 18.8 Å². The molecule has 0 bridgehead atoms. The summed E-state index contributed by atoms with van der Waals surface area (Å²) in [4.78, 5) is 15.0. The van der Waals surface area contributed by atoms with Crippen molar-refractivity contribution in [3.63, 3.8) is 0 Å². The largest absolute Gasteiger partial charge is 0.478 e. The normalized spacial score (nSPS) is 19.2. The van der Waals surface area contributed by atoms with Gasteiger partial charge in [-0.25, -0.2) is 9.78 Å². The summed E-state index contributed by atoms with van der Waals surface area (Å²) >= 11 is 0. The van der Waals surface area contributed by atoms with Crippen LogP contribution in [0.4, 0.5) is 0 Å². The zero-order valence-corrected chi connectivity index (χ0v) is 9.68. The highest BCUT2D eigenvalue weighted by atomic mass is 16.5. The van der Waals surface area contributed by atoms with Gasteiger partial charge in [0.2, 0.25) is 5.88 Å². The molecule has 1 atom stereocenters. The molecule has 1 aromatic heterocycles. The standard InChI is InChI=1S/C12H15NO4/c1-8-4-10(12(14)15)5-11(13-8)17-7-9-2-3-16-6-9/h4-5,9H,2-3,6-7H2,1H3,(H,14,15). The van der Waals surface area contributed by atoms with E-state index in [1.807, 2.05) is 0 Å². The molecule has 1 aliphatic heterocycles. The van der Waals surface area contributed by atoms with Gasteiger partial charge in [0.15, 0.2) is 0 Å². The van der Waals surface area contributed by atoms with E-state index >= 15 is 0 Å². The van der Waals surface area contributed by atoms with Crippen molar-refractivity contribution in [3.8, 4) is 5.88 Å². The van der Waals surface area contributed by atoms with Gasteiger partial charge in [-0.3, -0.25) is 0 Å². The van der Waals surface area contributed by atoms with Gasteiger partial charge < -0.3 is 14.6 Å². The summed E-state index contributed by atoms with van der Waals surface area (Å²) in [6, 6.07) is 2.97. The van der Waals surface area contributed by atoms with Gasteiger partial charge in [0, 0.05) is 24.3 Å². The molecule has 0 saturated carbocycles. The molecule has 1 unspecified atom stereocenters. The van der Waals surface area contributed by atoms with E-state index in [1.165, 1.54) is 12.1 Å². The van der Waals surface area contributed by atoms with E-state index in [2.05, 4.69) is 4.98 Å². The molecule has 1 fully saturated rings. The Morgan fingerprint density at radius 3 is 3.12 bits per heavy atom. The van der Waals surface area contributed by atoms with Crippen molar-refractivity contribution in [1.29, 1.82) is 0 Å². The van der Waals surface area contributed by atoms with Gasteiger partial charge in [0.1, 0.15) is 0 Å². The first-order valence-electron chi connectivity index (χ1n) is 5.57. The number of aryl methyl sites for hydroxylation is 1. The predicted molar refractivity (Wildman–Crippen MR) is 60.4 cm³/mol. The predicted octanol–water partition coefficient (Wildman–Crippen LogP) is 1.50. The van der Waals surface area contributed by atoms with Crippen LogP contribution < -0.4 is 4.74 Å². The van der Waals surface area contributed by atoms with E-state index in [4.69, 9.17) is 14.6 Å². The van der Waals surface area contributed by atoms with Crippen molar-refractivity contribution in [2.75, 3.05) is 19.8 Å². The number of ether oxygens (including phenoxy) is 2. The number of carboxylic acids is 1. The maximum atomic E-state index is 10.9. The molecular weight excluding hydrogens is 222 g/mol. The zero-order chi connectivity index (χ0) is 12.3. The topological polar surface area (TPSA) is 68.7 Å². The second kappa shape index (κ2) is 5.14. The molecule has 92 valence electrons. The number of aromatic carboxylic acids is 1. The number of hydrogen-bond donors (Lipinski definition) is 1. The Bertz CT molecular complexity index is 413. The van der Waals surface area contributed by atoms with Gasteiger partial charge >= 0.3 is 5.97 Å². The van der Waals surface area contributed by atoms with Crippen LogP contribution in [0.15, 0.2) is 12.1 Å². The lowest BCUT2D eigenvalue weighted by molar-refractivity contribution is 0.0695. The van der Waals surface area contributed by atoms with Gasteiger partial charge in [-0.2, -0.15) is 0 Å². The lowest BCUT2D eigenvalue weighted by Gasteiger charge is -2.10. The Morgan fingerprint density at radius 2 is 2.47 bits per heavy atom. The Morgan fingerprint density at radius 1 is 1.65 bits per heavy atom. The average molecular weight is 237 g/mol. The second-order valence-corrected chi connectivity index (χ2v) is 4.18. The van der Waals surface area contributed by atoms with Crippen LogP contribution in [-0.4, -0.2) is 35.9 Å². The monoisotopic (exact) mass is 237 g/mol. The third-order valence-corrected chi connectivity index (χ3v) is 2.67. The molecular formula is C12H15NO4. The van der Waals surface area contributed by atoms with Crippen LogP contribution in [0.1, 0.15) is 22.5 Å². The first-order chi connectivity index (χ1) is 8.15.